The summed E-state index contributed by atoms with van der Waals surface area (Å²) in [6, 6.07) is 5.50. The minimum atomic E-state index is -1.28. The van der Waals surface area contributed by atoms with E-state index in [1.165, 1.54) is 0 Å². The largest absolute Gasteiger partial charge is 0.495 e. The van der Waals surface area contributed by atoms with Gasteiger partial charge in [0.1, 0.15) is 5.75 Å². The number of benzene rings is 1. The van der Waals surface area contributed by atoms with E-state index >= 15 is 0 Å². The number of carbonyl (C=O) groups excluding carboxylic acids is 1. The number of hydrogen-bond donors (Lipinski definition) is 1. The molecule has 0 amide bonds. The third kappa shape index (κ3) is 2.29. The number of aromatic nitrogens is 1. The van der Waals surface area contributed by atoms with Crippen molar-refractivity contribution >= 4 is 16.9 Å². The molecule has 5 heteroatoms. The van der Waals surface area contributed by atoms with Gasteiger partial charge in [-0.2, -0.15) is 0 Å². The van der Waals surface area contributed by atoms with Crippen LogP contribution in [0.5, 0.6) is 5.75 Å². The van der Waals surface area contributed by atoms with Crippen LogP contribution in [0.25, 0.3) is 10.9 Å². The number of para-hydroxylation sites is 1. The maximum atomic E-state index is 11.6. The number of aliphatic hydroxyl groups excluding tert-OH is 1. The molecule has 5 nitrogen and oxygen atoms in total. The molecule has 19 heavy (non-hydrogen) atoms. The molecule has 0 saturated heterocycles. The Hall–Kier alpha value is -2.01. The molecular weight excluding hydrogens is 246 g/mol. The summed E-state index contributed by atoms with van der Waals surface area (Å²) < 4.78 is 12.0. The molecule has 0 saturated carbocycles. The van der Waals surface area contributed by atoms with E-state index in [0.29, 0.717) is 11.3 Å². The van der Waals surface area contributed by atoms with Gasteiger partial charge in [0.25, 0.3) is 0 Å². The fourth-order valence-corrected chi connectivity index (χ4v) is 2.19. The van der Waals surface area contributed by atoms with Crippen molar-refractivity contribution in [1.29, 1.82) is 0 Å². The van der Waals surface area contributed by atoms with E-state index in [1.807, 2.05) is 29.8 Å². The van der Waals surface area contributed by atoms with Crippen LogP contribution in [0.4, 0.5) is 0 Å². The van der Waals surface area contributed by atoms with Crippen molar-refractivity contribution < 1.29 is 19.4 Å². The van der Waals surface area contributed by atoms with Crippen molar-refractivity contribution in [3.8, 4) is 5.75 Å². The van der Waals surface area contributed by atoms with E-state index in [2.05, 4.69) is 0 Å². The zero-order valence-corrected chi connectivity index (χ0v) is 11.2. The maximum Gasteiger partial charge on any atom is 0.339 e. The lowest BCUT2D eigenvalue weighted by molar-refractivity contribution is -0.153. The zero-order chi connectivity index (χ0) is 14.0. The van der Waals surface area contributed by atoms with Gasteiger partial charge in [-0.05, 0) is 13.0 Å². The molecule has 102 valence electrons. The van der Waals surface area contributed by atoms with Gasteiger partial charge in [-0.15, -0.1) is 0 Å². The van der Waals surface area contributed by atoms with Crippen molar-refractivity contribution in [2.75, 3.05) is 13.7 Å². The van der Waals surface area contributed by atoms with Gasteiger partial charge >= 0.3 is 5.97 Å². The molecular formula is C14H17NO4. The van der Waals surface area contributed by atoms with Gasteiger partial charge in [0, 0.05) is 24.2 Å². The van der Waals surface area contributed by atoms with Crippen LogP contribution in [0.3, 0.4) is 0 Å². The van der Waals surface area contributed by atoms with Crippen LogP contribution in [-0.4, -0.2) is 29.4 Å². The fourth-order valence-electron chi connectivity index (χ4n) is 2.19. The molecule has 0 aliphatic rings. The lowest BCUT2D eigenvalue weighted by Gasteiger charge is -2.08. The first-order chi connectivity index (χ1) is 9.10. The minimum absolute atomic E-state index is 0.240. The smallest absolute Gasteiger partial charge is 0.339 e. The lowest BCUT2D eigenvalue weighted by atomic mass is 10.1. The van der Waals surface area contributed by atoms with Gasteiger partial charge in [-0.25, -0.2) is 4.79 Å². The molecule has 1 heterocycles. The van der Waals surface area contributed by atoms with E-state index in [1.54, 1.807) is 20.2 Å². The van der Waals surface area contributed by atoms with E-state index in [0.717, 1.165) is 10.9 Å². The van der Waals surface area contributed by atoms with E-state index in [4.69, 9.17) is 9.47 Å². The second-order valence-electron chi connectivity index (χ2n) is 4.21. The van der Waals surface area contributed by atoms with Gasteiger partial charge in [0.2, 0.25) is 0 Å². The number of nitrogens with zero attached hydrogens (tertiary/aromatic N) is 1. The number of methoxy groups -OCH3 is 1. The first kappa shape index (κ1) is 13.4. The molecule has 1 atom stereocenters. The molecule has 1 N–H and O–H groups in total. The highest BCUT2D eigenvalue weighted by Gasteiger charge is 2.23. The Morgan fingerprint density at radius 3 is 2.84 bits per heavy atom. The van der Waals surface area contributed by atoms with Crippen LogP contribution in [0.2, 0.25) is 0 Å². The number of carbonyl (C=O) groups is 1. The minimum Gasteiger partial charge on any atom is -0.495 e. The second kappa shape index (κ2) is 5.32. The lowest BCUT2D eigenvalue weighted by Crippen LogP contribution is -2.15. The Bertz CT molecular complexity index is 603. The topological polar surface area (TPSA) is 60.7 Å². The van der Waals surface area contributed by atoms with Crippen molar-refractivity contribution in [2.24, 2.45) is 7.05 Å². The molecule has 0 aliphatic carbocycles. The SMILES string of the molecule is CCOC(=O)C(O)c1cn(C)c2c(OC)cccc12. The van der Waals surface area contributed by atoms with Crippen LogP contribution in [0.1, 0.15) is 18.6 Å². The number of rotatable bonds is 4. The number of aliphatic hydroxyl groups is 1. The summed E-state index contributed by atoms with van der Waals surface area (Å²) in [7, 11) is 3.43. The number of aryl methyl sites for hydroxylation is 1. The van der Waals surface area contributed by atoms with Crippen molar-refractivity contribution in [2.45, 2.75) is 13.0 Å². The predicted molar refractivity (Wildman–Crippen MR) is 71.1 cm³/mol. The maximum absolute atomic E-state index is 11.6. The van der Waals surface area contributed by atoms with Crippen LogP contribution in [-0.2, 0) is 16.6 Å². The third-order valence-electron chi connectivity index (χ3n) is 3.02. The average Bonchev–Trinajstić information content (AvgIpc) is 2.76. The highest BCUT2D eigenvalue weighted by molar-refractivity contribution is 5.92. The monoisotopic (exact) mass is 263 g/mol. The van der Waals surface area contributed by atoms with Crippen molar-refractivity contribution in [3.63, 3.8) is 0 Å². The summed E-state index contributed by atoms with van der Waals surface area (Å²) in [5.41, 5.74) is 1.36. The van der Waals surface area contributed by atoms with Gasteiger partial charge in [-0.3, -0.25) is 0 Å². The second-order valence-corrected chi connectivity index (χ2v) is 4.21. The Morgan fingerprint density at radius 1 is 1.47 bits per heavy atom. The van der Waals surface area contributed by atoms with E-state index < -0.39 is 12.1 Å². The summed E-state index contributed by atoms with van der Waals surface area (Å²) in [5.74, 6) is 0.0557. The predicted octanol–water partition coefficient (Wildman–Crippen LogP) is 1.78. The van der Waals surface area contributed by atoms with E-state index in [9.17, 15) is 9.90 Å². The Morgan fingerprint density at radius 2 is 2.21 bits per heavy atom. The number of ether oxygens (including phenoxy) is 2. The normalized spacial score (nSPS) is 12.4. The number of esters is 1. The number of fused-ring (bicyclic) bond motifs is 1. The van der Waals surface area contributed by atoms with Gasteiger partial charge < -0.3 is 19.1 Å². The van der Waals surface area contributed by atoms with Crippen LogP contribution < -0.4 is 4.74 Å². The fraction of sp³-hybridized carbons (Fsp3) is 0.357. The summed E-state index contributed by atoms with van der Waals surface area (Å²) in [4.78, 5) is 11.6. The summed E-state index contributed by atoms with van der Waals surface area (Å²) >= 11 is 0. The van der Waals surface area contributed by atoms with Crippen molar-refractivity contribution in [1.82, 2.24) is 4.57 Å². The summed E-state index contributed by atoms with van der Waals surface area (Å²) in [6.45, 7) is 1.95. The Balaban J connectivity index is 2.54. The molecule has 2 aromatic rings. The molecule has 0 bridgehead atoms. The van der Waals surface area contributed by atoms with Crippen LogP contribution in [0.15, 0.2) is 24.4 Å². The standard InChI is InChI=1S/C14H17NO4/c1-4-19-14(17)13(16)10-8-15(2)12-9(10)6-5-7-11(12)18-3/h5-8,13,16H,4H2,1-3H3. The first-order valence-corrected chi connectivity index (χ1v) is 6.06. The molecule has 2 rings (SSSR count). The van der Waals surface area contributed by atoms with Gasteiger partial charge in [0.15, 0.2) is 6.10 Å². The molecule has 0 fully saturated rings. The summed E-state index contributed by atoms with van der Waals surface area (Å²) in [6.07, 6.45) is 0.435. The molecule has 0 spiro atoms. The number of hydrogen-bond acceptors (Lipinski definition) is 4. The van der Waals surface area contributed by atoms with E-state index in [-0.39, 0.29) is 6.61 Å². The van der Waals surface area contributed by atoms with Crippen LogP contribution >= 0.6 is 0 Å². The zero-order valence-electron chi connectivity index (χ0n) is 11.2. The Labute approximate surface area is 111 Å². The average molecular weight is 263 g/mol. The van der Waals surface area contributed by atoms with Crippen molar-refractivity contribution in [3.05, 3.63) is 30.0 Å². The molecule has 1 aromatic heterocycles. The molecule has 0 radical (unpaired) electrons. The van der Waals surface area contributed by atoms with Gasteiger partial charge in [0.05, 0.1) is 19.2 Å². The highest BCUT2D eigenvalue weighted by atomic mass is 16.5. The van der Waals surface area contributed by atoms with Crippen LogP contribution in [0, 0.1) is 0 Å². The highest BCUT2D eigenvalue weighted by Crippen LogP contribution is 2.32. The first-order valence-electron chi connectivity index (χ1n) is 6.06. The third-order valence-corrected chi connectivity index (χ3v) is 3.02. The summed E-state index contributed by atoms with van der Waals surface area (Å²) in [5, 5.41) is 10.8. The Kier molecular flexibility index (Phi) is 3.76. The molecule has 1 aromatic carbocycles. The molecule has 0 aliphatic heterocycles. The van der Waals surface area contributed by atoms with Gasteiger partial charge in [-0.1, -0.05) is 12.1 Å². The quantitative estimate of drug-likeness (QED) is 0.854. The molecule has 1 unspecified atom stereocenters.